The fourth-order valence-corrected chi connectivity index (χ4v) is 8.14. The Morgan fingerprint density at radius 3 is 1.72 bits per heavy atom. The first-order chi connectivity index (χ1) is 22.8. The average molecular weight is 604 g/mol. The topological polar surface area (TPSA) is 3.24 Å². The molecule has 0 fully saturated rings. The molecule has 8 aromatic carbocycles. The Bertz CT molecular complexity index is 2510. The summed E-state index contributed by atoms with van der Waals surface area (Å²) in [6.07, 6.45) is 0. The molecule has 2 heteroatoms. The summed E-state index contributed by atoms with van der Waals surface area (Å²) >= 11 is 1.90. The predicted octanol–water partition coefficient (Wildman–Crippen LogP) is 13.2. The Labute approximate surface area is 272 Å². The van der Waals surface area contributed by atoms with Crippen molar-refractivity contribution >= 4 is 70.1 Å². The molecule has 1 heterocycles. The van der Waals surface area contributed by atoms with Crippen molar-refractivity contribution in [2.75, 3.05) is 4.90 Å². The van der Waals surface area contributed by atoms with E-state index in [1.165, 1.54) is 69.7 Å². The van der Waals surface area contributed by atoms with Gasteiger partial charge in [0.1, 0.15) is 0 Å². The summed E-state index contributed by atoms with van der Waals surface area (Å²) in [5.74, 6) is 0. The van der Waals surface area contributed by atoms with Crippen LogP contribution in [0.2, 0.25) is 0 Å². The molecule has 216 valence electrons. The summed E-state index contributed by atoms with van der Waals surface area (Å²) < 4.78 is 2.61. The molecule has 9 aromatic rings. The molecule has 0 N–H and O–H groups in total. The van der Waals surface area contributed by atoms with Gasteiger partial charge in [0.05, 0.1) is 10.4 Å². The van der Waals surface area contributed by atoms with Crippen molar-refractivity contribution in [1.82, 2.24) is 0 Å². The molecular formula is C44H29NS. The fourth-order valence-electron chi connectivity index (χ4n) is 6.81. The highest BCUT2D eigenvalue weighted by Gasteiger charge is 2.20. The van der Waals surface area contributed by atoms with E-state index in [-0.39, 0.29) is 0 Å². The van der Waals surface area contributed by atoms with Crippen LogP contribution in [0.15, 0.2) is 176 Å². The van der Waals surface area contributed by atoms with E-state index in [0.717, 1.165) is 11.4 Å². The van der Waals surface area contributed by atoms with Gasteiger partial charge in [-0.25, -0.2) is 0 Å². The van der Waals surface area contributed by atoms with Gasteiger partial charge in [-0.15, -0.1) is 11.3 Å². The van der Waals surface area contributed by atoms with E-state index >= 15 is 0 Å². The van der Waals surface area contributed by atoms with Gasteiger partial charge in [-0.2, -0.15) is 0 Å². The smallest absolute Gasteiger partial charge is 0.0640 e. The molecule has 0 atom stereocenters. The van der Waals surface area contributed by atoms with Crippen LogP contribution in [0.4, 0.5) is 17.1 Å². The van der Waals surface area contributed by atoms with Crippen molar-refractivity contribution in [2.24, 2.45) is 0 Å². The summed E-state index contributed by atoms with van der Waals surface area (Å²) in [5, 5.41) is 7.65. The third-order valence-electron chi connectivity index (χ3n) is 9.03. The Morgan fingerprint density at radius 2 is 0.935 bits per heavy atom. The Morgan fingerprint density at radius 1 is 0.348 bits per heavy atom. The molecule has 9 rings (SSSR count). The quantitative estimate of drug-likeness (QED) is 0.189. The molecule has 0 spiro atoms. The number of rotatable bonds is 5. The zero-order valence-corrected chi connectivity index (χ0v) is 25.9. The van der Waals surface area contributed by atoms with E-state index < -0.39 is 0 Å². The van der Waals surface area contributed by atoms with E-state index in [4.69, 9.17) is 0 Å². The minimum absolute atomic E-state index is 1.13. The van der Waals surface area contributed by atoms with Crippen LogP contribution in [0.5, 0.6) is 0 Å². The van der Waals surface area contributed by atoms with E-state index in [9.17, 15) is 0 Å². The highest BCUT2D eigenvalue weighted by atomic mass is 32.1. The summed E-state index contributed by atoms with van der Waals surface area (Å²) in [7, 11) is 0. The van der Waals surface area contributed by atoms with Crippen LogP contribution >= 0.6 is 11.3 Å². The van der Waals surface area contributed by atoms with Crippen LogP contribution in [-0.4, -0.2) is 0 Å². The van der Waals surface area contributed by atoms with Crippen LogP contribution < -0.4 is 4.90 Å². The molecule has 0 radical (unpaired) electrons. The summed E-state index contributed by atoms with van der Waals surface area (Å²) in [6, 6.07) is 63.8. The van der Waals surface area contributed by atoms with E-state index in [0.29, 0.717) is 0 Å². The lowest BCUT2D eigenvalue weighted by Crippen LogP contribution is -2.10. The van der Waals surface area contributed by atoms with Crippen LogP contribution in [-0.2, 0) is 0 Å². The number of nitrogens with zero attached hydrogens (tertiary/aromatic N) is 1. The van der Waals surface area contributed by atoms with Crippen molar-refractivity contribution in [3.8, 4) is 22.3 Å². The lowest BCUT2D eigenvalue weighted by Gasteiger charge is -2.26. The molecule has 46 heavy (non-hydrogen) atoms. The maximum Gasteiger partial charge on any atom is 0.0640 e. The average Bonchev–Trinajstić information content (AvgIpc) is 3.52. The summed E-state index contributed by atoms with van der Waals surface area (Å²) in [5.41, 5.74) is 8.42. The van der Waals surface area contributed by atoms with Gasteiger partial charge in [-0.05, 0) is 74.8 Å². The van der Waals surface area contributed by atoms with Crippen LogP contribution in [0.3, 0.4) is 0 Å². The minimum Gasteiger partial charge on any atom is -0.309 e. The molecule has 0 aliphatic heterocycles. The van der Waals surface area contributed by atoms with E-state index in [2.05, 4.69) is 181 Å². The molecule has 0 bridgehead atoms. The molecule has 0 saturated heterocycles. The number of benzene rings is 8. The summed E-state index contributed by atoms with van der Waals surface area (Å²) in [4.78, 5) is 2.43. The largest absolute Gasteiger partial charge is 0.309 e. The van der Waals surface area contributed by atoms with Gasteiger partial charge in [-0.3, -0.25) is 0 Å². The second-order valence-electron chi connectivity index (χ2n) is 11.7. The molecule has 0 saturated carbocycles. The fraction of sp³-hybridized carbons (Fsp3) is 0. The van der Waals surface area contributed by atoms with Gasteiger partial charge < -0.3 is 4.90 Å². The highest BCUT2D eigenvalue weighted by molar-refractivity contribution is 7.27. The third-order valence-corrected chi connectivity index (χ3v) is 10.3. The first-order valence-corrected chi connectivity index (χ1v) is 16.5. The van der Waals surface area contributed by atoms with Crippen LogP contribution in [0.1, 0.15) is 0 Å². The highest BCUT2D eigenvalue weighted by Crippen LogP contribution is 2.48. The Balaban J connectivity index is 1.30. The molecule has 1 nitrogen and oxygen atoms in total. The number of hydrogen-bond donors (Lipinski definition) is 0. The standard InChI is InChI=1S/C44H29NS/c1-3-12-30(13-4-1)32-22-25-35(26-23-32)45(36-27-24-31-14-7-8-17-34(31)28-36)42-21-11-20-39-41-29-40(33-15-5-2-6-16-33)37-18-9-10-19-38(37)43(41)46-44(39)42/h1-29H. The zero-order chi connectivity index (χ0) is 30.5. The number of fused-ring (bicyclic) bond motifs is 6. The van der Waals surface area contributed by atoms with Gasteiger partial charge in [0.25, 0.3) is 0 Å². The number of thiophene rings is 1. The first kappa shape index (κ1) is 26.7. The zero-order valence-electron chi connectivity index (χ0n) is 25.1. The van der Waals surface area contributed by atoms with Crippen LogP contribution in [0, 0.1) is 0 Å². The lowest BCUT2D eigenvalue weighted by molar-refractivity contribution is 1.31. The van der Waals surface area contributed by atoms with Gasteiger partial charge in [0, 0.05) is 32.2 Å². The third kappa shape index (κ3) is 4.46. The van der Waals surface area contributed by atoms with Gasteiger partial charge >= 0.3 is 0 Å². The van der Waals surface area contributed by atoms with Crippen molar-refractivity contribution in [1.29, 1.82) is 0 Å². The van der Waals surface area contributed by atoms with Gasteiger partial charge in [0.2, 0.25) is 0 Å². The van der Waals surface area contributed by atoms with Crippen molar-refractivity contribution in [3.63, 3.8) is 0 Å². The van der Waals surface area contributed by atoms with Crippen LogP contribution in [0.25, 0.3) is 64.0 Å². The maximum absolute atomic E-state index is 2.43. The van der Waals surface area contributed by atoms with E-state index in [1.807, 2.05) is 11.3 Å². The minimum atomic E-state index is 1.13. The monoisotopic (exact) mass is 603 g/mol. The Hall–Kier alpha value is -5.70. The van der Waals surface area contributed by atoms with E-state index in [1.54, 1.807) is 0 Å². The normalized spacial score (nSPS) is 11.5. The first-order valence-electron chi connectivity index (χ1n) is 15.7. The molecule has 0 aliphatic rings. The lowest BCUT2D eigenvalue weighted by atomic mass is 9.95. The Kier molecular flexibility index (Phi) is 6.40. The van der Waals surface area contributed by atoms with Gasteiger partial charge in [0.15, 0.2) is 0 Å². The predicted molar refractivity (Wildman–Crippen MR) is 200 cm³/mol. The van der Waals surface area contributed by atoms with Crippen molar-refractivity contribution in [3.05, 3.63) is 176 Å². The molecule has 0 unspecified atom stereocenters. The molecule has 0 amide bonds. The SMILES string of the molecule is c1ccc(-c2ccc(N(c3ccc4ccccc4c3)c3cccc4c3sc3c5ccccc5c(-c5ccccc5)cc43)cc2)cc1. The summed E-state index contributed by atoms with van der Waals surface area (Å²) in [6.45, 7) is 0. The maximum atomic E-state index is 2.43. The molecule has 0 aliphatic carbocycles. The van der Waals surface area contributed by atoms with Crippen molar-refractivity contribution < 1.29 is 0 Å². The second kappa shape index (κ2) is 11.0. The molecular weight excluding hydrogens is 575 g/mol. The number of anilines is 3. The van der Waals surface area contributed by atoms with Gasteiger partial charge in [-0.1, -0.05) is 140 Å². The number of hydrogen-bond acceptors (Lipinski definition) is 2. The molecule has 1 aromatic heterocycles. The second-order valence-corrected chi connectivity index (χ2v) is 12.8. The van der Waals surface area contributed by atoms with Crippen molar-refractivity contribution in [2.45, 2.75) is 0 Å².